The number of methoxy groups -OCH3 is 2. The first-order valence-electron chi connectivity index (χ1n) is 12.3. The third-order valence-corrected chi connectivity index (χ3v) is 7.03. The Kier molecular flexibility index (Phi) is 5.83. The largest absolute Gasteiger partial charge is 0.493 e. The molecule has 1 amide bonds. The molecule has 11 nitrogen and oxygen atoms in total. The Morgan fingerprint density at radius 1 is 0.850 bits per heavy atom. The van der Waals surface area contributed by atoms with E-state index in [9.17, 15) is 24.0 Å². The van der Waals surface area contributed by atoms with E-state index >= 15 is 0 Å². The maximum Gasteiger partial charge on any atom is 0.328 e. The van der Waals surface area contributed by atoms with Crippen LogP contribution in [0.5, 0.6) is 11.5 Å². The molecule has 200 valence electrons. The van der Waals surface area contributed by atoms with Crippen molar-refractivity contribution in [2.75, 3.05) is 19.6 Å². The minimum atomic E-state index is -0.656. The van der Waals surface area contributed by atoms with E-state index in [0.29, 0.717) is 27.4 Å². The summed E-state index contributed by atoms with van der Waals surface area (Å²) in [5, 5.41) is 0.727. The lowest BCUT2D eigenvalue weighted by Gasteiger charge is -2.18. The van der Waals surface area contributed by atoms with Gasteiger partial charge in [0.2, 0.25) is 5.91 Å². The molecular formula is C29H22N4O7. The van der Waals surface area contributed by atoms with Crippen LogP contribution in [0.1, 0.15) is 22.3 Å². The summed E-state index contributed by atoms with van der Waals surface area (Å²) < 4.78 is 12.8. The molecule has 0 atom stereocenters. The monoisotopic (exact) mass is 538 g/mol. The summed E-state index contributed by atoms with van der Waals surface area (Å²) in [6.07, 6.45) is -0.300. The molecule has 0 saturated heterocycles. The van der Waals surface area contributed by atoms with E-state index in [4.69, 9.17) is 9.47 Å². The van der Waals surface area contributed by atoms with Crippen LogP contribution in [-0.4, -0.2) is 40.1 Å². The molecule has 0 aliphatic heterocycles. The lowest BCUT2D eigenvalue weighted by Crippen LogP contribution is -2.38. The van der Waals surface area contributed by atoms with Gasteiger partial charge in [-0.15, -0.1) is 0 Å². The molecule has 11 heteroatoms. The zero-order chi connectivity index (χ0) is 28.1. The van der Waals surface area contributed by atoms with Gasteiger partial charge in [0, 0.05) is 29.5 Å². The normalized spacial score (nSPS) is 11.9. The van der Waals surface area contributed by atoms with Crippen LogP contribution >= 0.6 is 0 Å². The van der Waals surface area contributed by atoms with Crippen molar-refractivity contribution in [3.8, 4) is 22.8 Å². The second-order valence-corrected chi connectivity index (χ2v) is 9.18. The Morgan fingerprint density at radius 2 is 1.57 bits per heavy atom. The number of aromatic nitrogens is 3. The first kappa shape index (κ1) is 24.9. The smallest absolute Gasteiger partial charge is 0.328 e. The second kappa shape index (κ2) is 9.38. The van der Waals surface area contributed by atoms with Crippen LogP contribution in [0.2, 0.25) is 0 Å². The van der Waals surface area contributed by atoms with E-state index in [-0.39, 0.29) is 46.9 Å². The lowest BCUT2D eigenvalue weighted by atomic mass is 10.0. The van der Waals surface area contributed by atoms with Crippen molar-refractivity contribution < 1.29 is 19.1 Å². The number of carbonyl (C=O) groups excluding carboxylic acids is 2. The second-order valence-electron chi connectivity index (χ2n) is 9.18. The SMILES string of the molecule is COc1ccc2c3c(n(NC(=O)CCn4c(=O)[nH]c5ccccc5c4=O)c(=O)c2c1OC)-c1ccccc1C3=O. The molecule has 0 bridgehead atoms. The van der Waals surface area contributed by atoms with Gasteiger partial charge in [-0.2, -0.15) is 0 Å². The van der Waals surface area contributed by atoms with Gasteiger partial charge in [0.25, 0.3) is 11.1 Å². The summed E-state index contributed by atoms with van der Waals surface area (Å²) in [5.41, 5.74) is 2.50. The zero-order valence-corrected chi connectivity index (χ0v) is 21.4. The van der Waals surface area contributed by atoms with Gasteiger partial charge < -0.3 is 14.5 Å². The van der Waals surface area contributed by atoms with Crippen molar-refractivity contribution >= 4 is 33.4 Å². The number of para-hydroxylation sites is 1. The number of benzene rings is 3. The Morgan fingerprint density at radius 3 is 2.33 bits per heavy atom. The van der Waals surface area contributed by atoms with E-state index in [1.54, 1.807) is 60.7 Å². The fourth-order valence-corrected chi connectivity index (χ4v) is 5.21. The Bertz CT molecular complexity index is 2070. The standard InChI is InChI=1S/C29H22N4O7/c1-39-20-12-11-18-22-24(15-7-3-4-8-16(15)25(22)35)33(28(37)23(18)26(20)40-2)31-21(34)13-14-32-27(36)17-9-5-6-10-19(17)30-29(32)38/h3-12H,13-14H2,1-2H3,(H,30,38)(H,31,34). The summed E-state index contributed by atoms with van der Waals surface area (Å²) in [5.74, 6) is -0.557. The number of pyridine rings is 1. The number of amides is 1. The number of hydrogen-bond acceptors (Lipinski definition) is 7. The third kappa shape index (κ3) is 3.62. The minimum Gasteiger partial charge on any atom is -0.493 e. The van der Waals surface area contributed by atoms with Crippen molar-refractivity contribution in [2.45, 2.75) is 13.0 Å². The summed E-state index contributed by atoms with van der Waals surface area (Å²) >= 11 is 0. The first-order chi connectivity index (χ1) is 19.3. The van der Waals surface area contributed by atoms with Gasteiger partial charge in [0.1, 0.15) is 0 Å². The fraction of sp³-hybridized carbons (Fsp3) is 0.138. The molecule has 2 N–H and O–H groups in total. The number of hydrogen-bond donors (Lipinski definition) is 2. The Balaban J connectivity index is 1.46. The highest BCUT2D eigenvalue weighted by Crippen LogP contribution is 2.42. The summed E-state index contributed by atoms with van der Waals surface area (Å²) in [7, 11) is 2.80. The van der Waals surface area contributed by atoms with E-state index in [0.717, 1.165) is 9.24 Å². The molecular weight excluding hydrogens is 516 g/mol. The predicted molar refractivity (Wildman–Crippen MR) is 148 cm³/mol. The molecule has 0 unspecified atom stereocenters. The van der Waals surface area contributed by atoms with Crippen LogP contribution in [0.4, 0.5) is 0 Å². The summed E-state index contributed by atoms with van der Waals surface area (Å²) in [4.78, 5) is 68.7. The summed E-state index contributed by atoms with van der Waals surface area (Å²) in [6.45, 7) is -0.234. The van der Waals surface area contributed by atoms with Gasteiger partial charge >= 0.3 is 5.69 Å². The number of fused-ring (bicyclic) bond motifs is 6. The molecule has 0 fully saturated rings. The van der Waals surface area contributed by atoms with Crippen molar-refractivity contribution in [3.63, 3.8) is 0 Å². The van der Waals surface area contributed by atoms with E-state index in [1.807, 2.05) is 0 Å². The highest BCUT2D eigenvalue weighted by Gasteiger charge is 2.34. The minimum absolute atomic E-state index is 0.0595. The number of ketones is 1. The molecule has 0 radical (unpaired) electrons. The topological polar surface area (TPSA) is 141 Å². The molecule has 40 heavy (non-hydrogen) atoms. The number of nitrogens with one attached hydrogen (secondary N) is 2. The first-order valence-corrected chi connectivity index (χ1v) is 12.3. The molecule has 3 aromatic carbocycles. The molecule has 2 aromatic heterocycles. The van der Waals surface area contributed by atoms with Crippen molar-refractivity contribution in [2.24, 2.45) is 0 Å². The highest BCUT2D eigenvalue weighted by atomic mass is 16.5. The van der Waals surface area contributed by atoms with Gasteiger partial charge in [-0.3, -0.25) is 29.2 Å². The molecule has 5 aromatic rings. The van der Waals surface area contributed by atoms with E-state index in [1.165, 1.54) is 14.2 Å². The van der Waals surface area contributed by atoms with Crippen molar-refractivity contribution in [1.29, 1.82) is 0 Å². The van der Waals surface area contributed by atoms with Crippen molar-refractivity contribution in [1.82, 2.24) is 14.2 Å². The van der Waals surface area contributed by atoms with Crippen LogP contribution in [-0.2, 0) is 11.3 Å². The summed E-state index contributed by atoms with van der Waals surface area (Å²) in [6, 6.07) is 16.6. The molecule has 1 aliphatic rings. The maximum atomic E-state index is 13.9. The van der Waals surface area contributed by atoms with Crippen LogP contribution < -0.4 is 31.7 Å². The quantitative estimate of drug-likeness (QED) is 0.332. The predicted octanol–water partition coefficient (Wildman–Crippen LogP) is 2.39. The fourth-order valence-electron chi connectivity index (χ4n) is 5.21. The van der Waals surface area contributed by atoms with Crippen molar-refractivity contribution in [3.05, 3.63) is 103 Å². The van der Waals surface area contributed by atoms with E-state index < -0.39 is 22.7 Å². The van der Waals surface area contributed by atoms with Gasteiger partial charge in [-0.05, 0) is 24.3 Å². The molecule has 0 spiro atoms. The van der Waals surface area contributed by atoms with E-state index in [2.05, 4.69) is 10.4 Å². The third-order valence-electron chi connectivity index (χ3n) is 7.03. The Hall–Kier alpha value is -5.45. The van der Waals surface area contributed by atoms with Gasteiger partial charge in [0.15, 0.2) is 17.3 Å². The van der Waals surface area contributed by atoms with Crippen LogP contribution in [0.25, 0.3) is 32.9 Å². The maximum absolute atomic E-state index is 13.9. The average Bonchev–Trinajstić information content (AvgIpc) is 3.26. The highest BCUT2D eigenvalue weighted by molar-refractivity contribution is 6.27. The zero-order valence-electron chi connectivity index (χ0n) is 21.4. The number of carbonyl (C=O) groups is 2. The molecule has 6 rings (SSSR count). The van der Waals surface area contributed by atoms with Crippen LogP contribution in [0.3, 0.4) is 0 Å². The number of ether oxygens (including phenoxy) is 2. The number of rotatable bonds is 6. The number of H-pyrrole nitrogens is 1. The van der Waals surface area contributed by atoms with Crippen LogP contribution in [0.15, 0.2) is 75.0 Å². The van der Waals surface area contributed by atoms with Crippen LogP contribution in [0, 0.1) is 0 Å². The number of nitrogens with zero attached hydrogens (tertiary/aromatic N) is 2. The van der Waals surface area contributed by atoms with Gasteiger partial charge in [-0.1, -0.05) is 36.4 Å². The molecule has 1 aliphatic carbocycles. The molecule has 0 saturated carbocycles. The van der Waals surface area contributed by atoms with Gasteiger partial charge in [-0.25, -0.2) is 9.47 Å². The average molecular weight is 539 g/mol. The lowest BCUT2D eigenvalue weighted by molar-refractivity contribution is -0.117. The number of aromatic amines is 1. The van der Waals surface area contributed by atoms with Gasteiger partial charge in [0.05, 0.1) is 41.8 Å². The molecule has 2 heterocycles. The Labute approximate surface area is 225 Å².